The van der Waals surface area contributed by atoms with Crippen LogP contribution in [0.5, 0.6) is 5.75 Å². The van der Waals surface area contributed by atoms with E-state index in [9.17, 15) is 15.0 Å². The number of aldehydes is 1. The third-order valence-corrected chi connectivity index (χ3v) is 5.08. The van der Waals surface area contributed by atoms with Crippen molar-refractivity contribution in [3.05, 3.63) is 28.6 Å². The van der Waals surface area contributed by atoms with E-state index in [2.05, 4.69) is 15.3 Å². The fraction of sp³-hybridized carbons (Fsp3) is 0.278. The van der Waals surface area contributed by atoms with Gasteiger partial charge in [-0.15, -0.1) is 11.3 Å². The summed E-state index contributed by atoms with van der Waals surface area (Å²) in [5.41, 5.74) is 7.75. The van der Waals surface area contributed by atoms with E-state index in [4.69, 9.17) is 5.73 Å². The van der Waals surface area contributed by atoms with Gasteiger partial charge >= 0.3 is 0 Å². The number of phenols is 1. The number of nitrogen functional groups attached to an aromatic ring is 1. The number of hydrogen-bond donors (Lipinski definition) is 4. The topological polar surface area (TPSA) is 121 Å². The summed E-state index contributed by atoms with van der Waals surface area (Å²) in [5.74, 6) is 0.453. The van der Waals surface area contributed by atoms with Crippen LogP contribution >= 0.6 is 11.3 Å². The molecule has 7 nitrogen and oxygen atoms in total. The lowest BCUT2D eigenvalue weighted by Gasteiger charge is -2.23. The van der Waals surface area contributed by atoms with Gasteiger partial charge in [-0.3, -0.25) is 4.79 Å². The van der Waals surface area contributed by atoms with Crippen LogP contribution in [0.3, 0.4) is 0 Å². The van der Waals surface area contributed by atoms with E-state index in [1.54, 1.807) is 19.1 Å². The van der Waals surface area contributed by atoms with Gasteiger partial charge in [-0.25, -0.2) is 9.97 Å². The van der Waals surface area contributed by atoms with Gasteiger partial charge in [0.2, 0.25) is 5.95 Å². The Hall–Kier alpha value is -2.71. The second kappa shape index (κ2) is 6.54. The van der Waals surface area contributed by atoms with Crippen LogP contribution in [0.25, 0.3) is 21.5 Å². The Bertz CT molecular complexity index is 998. The first kappa shape index (κ1) is 18.1. The average molecular weight is 372 g/mol. The quantitative estimate of drug-likeness (QED) is 0.508. The van der Waals surface area contributed by atoms with Crippen molar-refractivity contribution in [2.45, 2.75) is 26.3 Å². The van der Waals surface area contributed by atoms with Gasteiger partial charge in [-0.1, -0.05) is 12.1 Å². The highest BCUT2D eigenvalue weighted by molar-refractivity contribution is 7.21. The third kappa shape index (κ3) is 3.21. The van der Waals surface area contributed by atoms with Crippen LogP contribution in [-0.2, 0) is 0 Å². The molecule has 0 spiro atoms. The SMILES string of the molecule is Cc1ccc(-c2nc(NC(C)(C)CO)nc3sc(C=O)c(N)c23)cc1O. The maximum atomic E-state index is 11.3. The summed E-state index contributed by atoms with van der Waals surface area (Å²) < 4.78 is 0. The molecule has 0 aliphatic carbocycles. The zero-order valence-corrected chi connectivity index (χ0v) is 15.5. The fourth-order valence-corrected chi connectivity index (χ4v) is 3.40. The Balaban J connectivity index is 2.28. The number of fused-ring (bicyclic) bond motifs is 1. The number of phenolic OH excluding ortho intramolecular Hbond substituents is 1. The molecule has 2 heterocycles. The number of aromatic nitrogens is 2. The van der Waals surface area contributed by atoms with Gasteiger partial charge < -0.3 is 21.3 Å². The number of carbonyl (C=O) groups is 1. The lowest BCUT2D eigenvalue weighted by molar-refractivity contribution is 0.112. The van der Waals surface area contributed by atoms with E-state index in [1.165, 1.54) is 11.3 Å². The highest BCUT2D eigenvalue weighted by Crippen LogP contribution is 2.39. The monoisotopic (exact) mass is 372 g/mol. The number of anilines is 2. The van der Waals surface area contributed by atoms with Crippen LogP contribution in [0.15, 0.2) is 18.2 Å². The first-order valence-electron chi connectivity index (χ1n) is 8.00. The number of nitrogens with one attached hydrogen (secondary N) is 1. The molecule has 0 radical (unpaired) electrons. The van der Waals surface area contributed by atoms with E-state index in [0.717, 1.165) is 5.56 Å². The largest absolute Gasteiger partial charge is 0.508 e. The molecule has 1 aromatic carbocycles. The van der Waals surface area contributed by atoms with Crippen molar-refractivity contribution in [2.24, 2.45) is 0 Å². The van der Waals surface area contributed by atoms with Crippen molar-refractivity contribution in [1.82, 2.24) is 9.97 Å². The molecule has 3 rings (SSSR count). The van der Waals surface area contributed by atoms with E-state index in [-0.39, 0.29) is 12.4 Å². The number of rotatable bonds is 5. The normalized spacial score (nSPS) is 11.7. The van der Waals surface area contributed by atoms with Crippen molar-refractivity contribution < 1.29 is 15.0 Å². The van der Waals surface area contributed by atoms with Crippen molar-refractivity contribution in [1.29, 1.82) is 0 Å². The van der Waals surface area contributed by atoms with Gasteiger partial charge in [0.1, 0.15) is 10.6 Å². The molecule has 0 fully saturated rings. The van der Waals surface area contributed by atoms with Crippen molar-refractivity contribution in [3.8, 4) is 17.0 Å². The molecule has 0 bridgehead atoms. The van der Waals surface area contributed by atoms with Crippen LogP contribution in [-0.4, -0.2) is 38.6 Å². The maximum Gasteiger partial charge on any atom is 0.225 e. The lowest BCUT2D eigenvalue weighted by Crippen LogP contribution is -2.35. The minimum absolute atomic E-state index is 0.110. The molecular formula is C18H20N4O3S. The average Bonchev–Trinajstić information content (AvgIpc) is 2.92. The first-order chi connectivity index (χ1) is 12.3. The number of aliphatic hydroxyl groups is 1. The van der Waals surface area contributed by atoms with E-state index in [1.807, 2.05) is 19.9 Å². The Morgan fingerprint density at radius 1 is 1.35 bits per heavy atom. The summed E-state index contributed by atoms with van der Waals surface area (Å²) in [5, 5.41) is 23.2. The molecule has 8 heteroatoms. The van der Waals surface area contributed by atoms with Gasteiger partial charge in [0.15, 0.2) is 6.29 Å². The molecule has 136 valence electrons. The number of nitrogens with two attached hydrogens (primary N) is 1. The number of benzene rings is 1. The minimum Gasteiger partial charge on any atom is -0.508 e. The van der Waals surface area contributed by atoms with Crippen LogP contribution < -0.4 is 11.1 Å². The number of carbonyl (C=O) groups excluding carboxylic acids is 1. The molecule has 0 amide bonds. The fourth-order valence-electron chi connectivity index (χ4n) is 2.49. The Morgan fingerprint density at radius 2 is 2.08 bits per heavy atom. The van der Waals surface area contributed by atoms with Crippen LogP contribution in [0, 0.1) is 6.92 Å². The Kier molecular flexibility index (Phi) is 4.55. The highest BCUT2D eigenvalue weighted by Gasteiger charge is 2.22. The van der Waals surface area contributed by atoms with Crippen LogP contribution in [0.4, 0.5) is 11.6 Å². The molecule has 0 saturated heterocycles. The first-order valence-corrected chi connectivity index (χ1v) is 8.81. The second-order valence-electron chi connectivity index (χ2n) is 6.74. The minimum atomic E-state index is -0.628. The molecule has 26 heavy (non-hydrogen) atoms. The van der Waals surface area contributed by atoms with Gasteiger partial charge in [-0.05, 0) is 32.4 Å². The van der Waals surface area contributed by atoms with Gasteiger partial charge in [0, 0.05) is 5.56 Å². The summed E-state index contributed by atoms with van der Waals surface area (Å²) in [4.78, 5) is 21.2. The van der Waals surface area contributed by atoms with Gasteiger partial charge in [-0.2, -0.15) is 0 Å². The maximum absolute atomic E-state index is 11.3. The van der Waals surface area contributed by atoms with Gasteiger partial charge in [0.05, 0.1) is 33.8 Å². The summed E-state index contributed by atoms with van der Waals surface area (Å²) in [6.07, 6.45) is 0.697. The molecule has 0 unspecified atom stereocenters. The predicted octanol–water partition coefficient (Wildman–Crippen LogP) is 2.95. The number of aliphatic hydroxyl groups excluding tert-OH is 1. The second-order valence-corrected chi connectivity index (χ2v) is 7.77. The molecule has 5 N–H and O–H groups in total. The molecule has 3 aromatic rings. The smallest absolute Gasteiger partial charge is 0.225 e. The van der Waals surface area contributed by atoms with E-state index < -0.39 is 5.54 Å². The van der Waals surface area contributed by atoms with E-state index in [0.29, 0.717) is 44.3 Å². The summed E-state index contributed by atoms with van der Waals surface area (Å²) in [6, 6.07) is 5.22. The molecule has 0 aliphatic rings. The molecule has 0 saturated carbocycles. The van der Waals surface area contributed by atoms with Crippen LogP contribution in [0.1, 0.15) is 29.1 Å². The molecule has 0 atom stereocenters. The molecule has 2 aromatic heterocycles. The molecular weight excluding hydrogens is 352 g/mol. The summed E-state index contributed by atoms with van der Waals surface area (Å²) >= 11 is 1.18. The van der Waals surface area contributed by atoms with Gasteiger partial charge in [0.25, 0.3) is 0 Å². The zero-order chi connectivity index (χ0) is 19.1. The Morgan fingerprint density at radius 3 is 2.69 bits per heavy atom. The van der Waals surface area contributed by atoms with Crippen LogP contribution in [0.2, 0.25) is 0 Å². The summed E-state index contributed by atoms with van der Waals surface area (Å²) in [6.45, 7) is 5.32. The number of aryl methyl sites for hydroxylation is 1. The highest BCUT2D eigenvalue weighted by atomic mass is 32.1. The van der Waals surface area contributed by atoms with Crippen molar-refractivity contribution >= 4 is 39.5 Å². The zero-order valence-electron chi connectivity index (χ0n) is 14.7. The standard InChI is InChI=1S/C18H20N4O3S/c1-9-4-5-10(6-11(9)25)15-13-14(19)12(7-23)26-16(13)21-17(20-15)22-18(2,3)8-24/h4-7,24-25H,8,19H2,1-3H3,(H,20,21,22). The van der Waals surface area contributed by atoms with Crippen molar-refractivity contribution in [3.63, 3.8) is 0 Å². The predicted molar refractivity (Wildman–Crippen MR) is 104 cm³/mol. The summed E-state index contributed by atoms with van der Waals surface area (Å²) in [7, 11) is 0. The number of thiophene rings is 1. The number of nitrogens with zero attached hydrogens (tertiary/aromatic N) is 2. The number of aromatic hydroxyl groups is 1. The Labute approximate surface area is 154 Å². The lowest BCUT2D eigenvalue weighted by atomic mass is 10.1. The van der Waals surface area contributed by atoms with E-state index >= 15 is 0 Å². The molecule has 0 aliphatic heterocycles. The third-order valence-electron chi connectivity index (χ3n) is 4.05. The van der Waals surface area contributed by atoms with Crippen molar-refractivity contribution in [2.75, 3.05) is 17.7 Å². The number of hydrogen-bond acceptors (Lipinski definition) is 8.